The first-order valence-corrected chi connectivity index (χ1v) is 7.36. The molecule has 0 saturated carbocycles. The van der Waals surface area contributed by atoms with Crippen LogP contribution in [0.15, 0.2) is 18.2 Å². The summed E-state index contributed by atoms with van der Waals surface area (Å²) in [6.07, 6.45) is -8.20. The Labute approximate surface area is 146 Å². The van der Waals surface area contributed by atoms with Gasteiger partial charge in [0.1, 0.15) is 0 Å². The van der Waals surface area contributed by atoms with E-state index >= 15 is 0 Å². The van der Waals surface area contributed by atoms with E-state index in [4.69, 9.17) is 0 Å². The monoisotopic (exact) mass is 390 g/mol. The molecule has 1 unspecified atom stereocenters. The van der Waals surface area contributed by atoms with Crippen LogP contribution in [0, 0.1) is 5.92 Å². The largest absolute Gasteiger partial charge is 0.416 e. The summed E-state index contributed by atoms with van der Waals surface area (Å²) in [5, 5.41) is 5.52. The SMILES string of the molecule is Cl.O=C(NCC1CCCNC1)c1cc(C(F)(F)F)cc(C(F)(F)F)c1. The highest BCUT2D eigenvalue weighted by atomic mass is 35.5. The first kappa shape index (κ1) is 21.6. The molecule has 10 heteroatoms. The summed E-state index contributed by atoms with van der Waals surface area (Å²) in [6, 6.07) is 0.870. The number of benzene rings is 1. The first-order valence-electron chi connectivity index (χ1n) is 7.36. The van der Waals surface area contributed by atoms with E-state index in [2.05, 4.69) is 10.6 Å². The van der Waals surface area contributed by atoms with Crippen LogP contribution in [0.1, 0.15) is 34.3 Å². The number of halogens is 7. The van der Waals surface area contributed by atoms with Gasteiger partial charge >= 0.3 is 12.4 Å². The lowest BCUT2D eigenvalue weighted by Gasteiger charge is -2.23. The summed E-state index contributed by atoms with van der Waals surface area (Å²) in [7, 11) is 0. The summed E-state index contributed by atoms with van der Waals surface area (Å²) < 4.78 is 76.6. The molecule has 1 saturated heterocycles. The molecule has 1 fully saturated rings. The molecule has 1 aliphatic heterocycles. The average molecular weight is 391 g/mol. The molecule has 1 amide bonds. The van der Waals surface area contributed by atoms with Crippen molar-refractivity contribution in [3.63, 3.8) is 0 Å². The van der Waals surface area contributed by atoms with Gasteiger partial charge in [0, 0.05) is 12.1 Å². The zero-order chi connectivity index (χ0) is 18.0. The third-order valence-corrected chi connectivity index (χ3v) is 3.80. The predicted molar refractivity (Wildman–Crippen MR) is 81.6 cm³/mol. The van der Waals surface area contributed by atoms with E-state index in [1.54, 1.807) is 0 Å². The lowest BCUT2D eigenvalue weighted by molar-refractivity contribution is -0.143. The Bertz CT molecular complexity index is 564. The number of carbonyl (C=O) groups excluding carboxylic acids is 1. The first-order chi connectivity index (χ1) is 11.1. The van der Waals surface area contributed by atoms with Crippen molar-refractivity contribution in [1.29, 1.82) is 0 Å². The molecule has 1 atom stereocenters. The second kappa shape index (κ2) is 8.27. The van der Waals surface area contributed by atoms with E-state index in [1.165, 1.54) is 0 Å². The highest BCUT2D eigenvalue weighted by Gasteiger charge is 2.37. The van der Waals surface area contributed by atoms with Gasteiger partial charge in [0.2, 0.25) is 0 Å². The number of alkyl halides is 6. The van der Waals surface area contributed by atoms with Gasteiger partial charge < -0.3 is 10.6 Å². The molecular formula is C15H17ClF6N2O. The van der Waals surface area contributed by atoms with Crippen molar-refractivity contribution in [3.8, 4) is 0 Å². The van der Waals surface area contributed by atoms with Crippen LogP contribution in [0.5, 0.6) is 0 Å². The topological polar surface area (TPSA) is 41.1 Å². The van der Waals surface area contributed by atoms with Crippen LogP contribution in [0.3, 0.4) is 0 Å². The quantitative estimate of drug-likeness (QED) is 0.769. The zero-order valence-corrected chi connectivity index (χ0v) is 13.7. The second-order valence-electron chi connectivity index (χ2n) is 5.72. The van der Waals surface area contributed by atoms with Gasteiger partial charge in [-0.05, 0) is 50.0 Å². The average Bonchev–Trinajstić information content (AvgIpc) is 2.51. The van der Waals surface area contributed by atoms with Crippen LogP contribution in [0.25, 0.3) is 0 Å². The minimum Gasteiger partial charge on any atom is -0.352 e. The third kappa shape index (κ3) is 6.07. The maximum Gasteiger partial charge on any atom is 0.416 e. The number of amides is 1. The molecule has 0 aromatic heterocycles. The molecule has 3 nitrogen and oxygen atoms in total. The van der Waals surface area contributed by atoms with Gasteiger partial charge in [0.25, 0.3) is 5.91 Å². The molecule has 0 aliphatic carbocycles. The van der Waals surface area contributed by atoms with Crippen molar-refractivity contribution >= 4 is 18.3 Å². The van der Waals surface area contributed by atoms with Crippen molar-refractivity contribution in [2.75, 3.05) is 19.6 Å². The minimum atomic E-state index is -4.97. The fourth-order valence-electron chi connectivity index (χ4n) is 2.52. The van der Waals surface area contributed by atoms with Gasteiger partial charge in [-0.2, -0.15) is 26.3 Å². The Hall–Kier alpha value is -1.48. The Morgan fingerprint density at radius 3 is 2.08 bits per heavy atom. The Morgan fingerprint density at radius 1 is 1.08 bits per heavy atom. The van der Waals surface area contributed by atoms with Crippen molar-refractivity contribution in [2.24, 2.45) is 5.92 Å². The molecule has 1 heterocycles. The van der Waals surface area contributed by atoms with Gasteiger partial charge in [0.05, 0.1) is 11.1 Å². The summed E-state index contributed by atoms with van der Waals surface area (Å²) in [5.41, 5.74) is -3.65. The van der Waals surface area contributed by atoms with Gasteiger partial charge in [-0.1, -0.05) is 0 Å². The highest BCUT2D eigenvalue weighted by Crippen LogP contribution is 2.36. The van der Waals surface area contributed by atoms with E-state index in [9.17, 15) is 31.1 Å². The van der Waals surface area contributed by atoms with Gasteiger partial charge in [-0.3, -0.25) is 4.79 Å². The third-order valence-electron chi connectivity index (χ3n) is 3.80. The number of carbonyl (C=O) groups is 1. The predicted octanol–water partition coefficient (Wildman–Crippen LogP) is 3.88. The highest BCUT2D eigenvalue weighted by molar-refractivity contribution is 5.94. The Balaban J connectivity index is 0.00000312. The molecule has 0 radical (unpaired) electrons. The number of hydrogen-bond donors (Lipinski definition) is 2. The maximum absolute atomic E-state index is 12.8. The number of rotatable bonds is 3. The van der Waals surface area contributed by atoms with Gasteiger partial charge in [0.15, 0.2) is 0 Å². The molecule has 0 spiro atoms. The van der Waals surface area contributed by atoms with Crippen LogP contribution in [-0.2, 0) is 12.4 Å². The van der Waals surface area contributed by atoms with Crippen molar-refractivity contribution in [1.82, 2.24) is 10.6 Å². The number of nitrogens with one attached hydrogen (secondary N) is 2. The van der Waals surface area contributed by atoms with Crippen LogP contribution < -0.4 is 10.6 Å². The standard InChI is InChI=1S/C15H16F6N2O.ClH/c16-14(17,18)11-4-10(5-12(6-11)15(19,20)21)13(24)23-8-9-2-1-3-22-7-9;/h4-6,9,22H,1-3,7-8H2,(H,23,24);1H. The molecule has 2 N–H and O–H groups in total. The molecule has 1 aromatic carbocycles. The summed E-state index contributed by atoms with van der Waals surface area (Å²) in [6.45, 7) is 1.70. The molecule has 142 valence electrons. The fraction of sp³-hybridized carbons (Fsp3) is 0.533. The second-order valence-corrected chi connectivity index (χ2v) is 5.72. The van der Waals surface area contributed by atoms with Crippen LogP contribution >= 0.6 is 12.4 Å². The molecule has 2 rings (SSSR count). The summed E-state index contributed by atoms with van der Waals surface area (Å²) >= 11 is 0. The molecule has 1 aromatic rings. The van der Waals surface area contributed by atoms with E-state index < -0.39 is 35.0 Å². The minimum absolute atomic E-state index is 0. The normalized spacial score (nSPS) is 18.4. The lowest BCUT2D eigenvalue weighted by Crippen LogP contribution is -2.38. The molecule has 0 bridgehead atoms. The smallest absolute Gasteiger partial charge is 0.352 e. The van der Waals surface area contributed by atoms with Crippen molar-refractivity contribution in [3.05, 3.63) is 34.9 Å². The van der Waals surface area contributed by atoms with Crippen molar-refractivity contribution < 1.29 is 31.1 Å². The van der Waals surface area contributed by atoms with Crippen LogP contribution in [0.4, 0.5) is 26.3 Å². The molecule has 1 aliphatic rings. The van der Waals surface area contributed by atoms with Crippen LogP contribution in [0.2, 0.25) is 0 Å². The number of hydrogen-bond acceptors (Lipinski definition) is 2. The summed E-state index contributed by atoms with van der Waals surface area (Å²) in [4.78, 5) is 12.0. The lowest BCUT2D eigenvalue weighted by atomic mass is 9.99. The van der Waals surface area contributed by atoms with Crippen LogP contribution in [-0.4, -0.2) is 25.5 Å². The van der Waals surface area contributed by atoms with E-state index in [0.717, 1.165) is 19.4 Å². The maximum atomic E-state index is 12.8. The zero-order valence-electron chi connectivity index (χ0n) is 12.9. The molecular weight excluding hydrogens is 374 g/mol. The number of piperidine rings is 1. The Morgan fingerprint density at radius 2 is 1.64 bits per heavy atom. The van der Waals surface area contributed by atoms with E-state index in [-0.39, 0.29) is 30.9 Å². The fourth-order valence-corrected chi connectivity index (χ4v) is 2.52. The van der Waals surface area contributed by atoms with Gasteiger partial charge in [-0.15, -0.1) is 12.4 Å². The van der Waals surface area contributed by atoms with E-state index in [1.807, 2.05) is 0 Å². The van der Waals surface area contributed by atoms with Crippen molar-refractivity contribution in [2.45, 2.75) is 25.2 Å². The van der Waals surface area contributed by atoms with E-state index in [0.29, 0.717) is 18.7 Å². The Kier molecular flexibility index (Phi) is 7.13. The molecule has 25 heavy (non-hydrogen) atoms. The van der Waals surface area contributed by atoms with Gasteiger partial charge in [-0.25, -0.2) is 0 Å². The summed E-state index contributed by atoms with van der Waals surface area (Å²) in [5.74, 6) is -0.840.